The summed E-state index contributed by atoms with van der Waals surface area (Å²) < 4.78 is 6.24. The fraction of sp³-hybridized carbons (Fsp3) is 0.500. The van der Waals surface area contributed by atoms with Crippen LogP contribution >= 0.6 is 0 Å². The van der Waals surface area contributed by atoms with Crippen molar-refractivity contribution in [3.05, 3.63) is 12.4 Å². The second-order valence-corrected chi connectivity index (χ2v) is 3.91. The van der Waals surface area contributed by atoms with Crippen LogP contribution in [-0.2, 0) is 11.3 Å². The second-order valence-electron chi connectivity index (χ2n) is 3.91. The molecule has 0 aliphatic carbocycles. The van der Waals surface area contributed by atoms with E-state index in [1.165, 1.54) is 6.20 Å². The van der Waals surface area contributed by atoms with Crippen LogP contribution in [0.4, 0.5) is 15.3 Å². The third kappa shape index (κ3) is 5.86. The van der Waals surface area contributed by atoms with Gasteiger partial charge in [0, 0.05) is 19.2 Å². The number of carbonyl (C=O) groups is 2. The first-order valence-electron chi connectivity index (χ1n) is 6.30. The highest BCUT2D eigenvalue weighted by molar-refractivity contribution is 5.98. The average Bonchev–Trinajstić information content (AvgIpc) is 2.82. The number of ether oxygens (including phenoxy) is 1. The molecule has 0 saturated heterocycles. The van der Waals surface area contributed by atoms with Gasteiger partial charge in [-0.05, 0) is 19.8 Å². The molecule has 1 aromatic heterocycles. The molecule has 0 fully saturated rings. The summed E-state index contributed by atoms with van der Waals surface area (Å²) in [7, 11) is 0. The molecule has 8 nitrogen and oxygen atoms in total. The lowest BCUT2D eigenvalue weighted by Crippen LogP contribution is -2.34. The monoisotopic (exact) mass is 279 g/mol. The number of urea groups is 1. The van der Waals surface area contributed by atoms with Gasteiger partial charge in [0.1, 0.15) is 0 Å². The highest BCUT2D eigenvalue weighted by Crippen LogP contribution is 2.06. The van der Waals surface area contributed by atoms with Crippen molar-refractivity contribution in [1.29, 1.82) is 5.26 Å². The van der Waals surface area contributed by atoms with Crippen molar-refractivity contribution in [2.45, 2.75) is 32.7 Å². The first kappa shape index (κ1) is 15.5. The zero-order valence-corrected chi connectivity index (χ0v) is 11.3. The Morgan fingerprint density at radius 1 is 1.50 bits per heavy atom. The van der Waals surface area contributed by atoms with Crippen LogP contribution in [0.1, 0.15) is 26.2 Å². The maximum Gasteiger partial charge on any atom is 0.415 e. The molecule has 0 aliphatic heterocycles. The van der Waals surface area contributed by atoms with Crippen LogP contribution in [0.15, 0.2) is 12.4 Å². The molecule has 0 unspecified atom stereocenters. The lowest BCUT2D eigenvalue weighted by molar-refractivity contribution is 0.154. The molecule has 0 aromatic carbocycles. The summed E-state index contributed by atoms with van der Waals surface area (Å²) in [6.45, 7) is 2.51. The van der Waals surface area contributed by atoms with Gasteiger partial charge in [-0.2, -0.15) is 10.4 Å². The Hall–Kier alpha value is -2.56. The number of amides is 3. The third-order valence-corrected chi connectivity index (χ3v) is 2.31. The highest BCUT2D eigenvalue weighted by atomic mass is 16.5. The number of aromatic nitrogens is 2. The SMILES string of the molecule is CCOC(=O)NC(=O)Nc1cnn(CCCCC#N)c1. The first-order chi connectivity index (χ1) is 9.65. The number of anilines is 1. The summed E-state index contributed by atoms with van der Waals surface area (Å²) in [5, 5.41) is 17.0. The summed E-state index contributed by atoms with van der Waals surface area (Å²) >= 11 is 0. The van der Waals surface area contributed by atoms with E-state index in [-0.39, 0.29) is 6.61 Å². The van der Waals surface area contributed by atoms with Crippen LogP contribution in [0.2, 0.25) is 0 Å². The van der Waals surface area contributed by atoms with Gasteiger partial charge in [0.05, 0.1) is 24.6 Å². The standard InChI is InChI=1S/C12H17N5O3/c1-2-20-12(19)16-11(18)15-10-8-14-17(9-10)7-5-3-4-6-13/h8-9H,2-5,7H2,1H3,(H2,15,16,18,19). The van der Waals surface area contributed by atoms with Crippen LogP contribution in [0.25, 0.3) is 0 Å². The van der Waals surface area contributed by atoms with Gasteiger partial charge in [-0.1, -0.05) is 0 Å². The van der Waals surface area contributed by atoms with E-state index in [0.29, 0.717) is 18.7 Å². The molecule has 1 aromatic rings. The second kappa shape index (κ2) is 8.53. The van der Waals surface area contributed by atoms with E-state index in [1.54, 1.807) is 17.8 Å². The molecule has 2 N–H and O–H groups in total. The van der Waals surface area contributed by atoms with Crippen molar-refractivity contribution in [3.8, 4) is 6.07 Å². The Morgan fingerprint density at radius 3 is 3.00 bits per heavy atom. The minimum absolute atomic E-state index is 0.194. The summed E-state index contributed by atoms with van der Waals surface area (Å²) in [6.07, 6.45) is 4.50. The fourth-order valence-corrected chi connectivity index (χ4v) is 1.45. The number of imide groups is 1. The van der Waals surface area contributed by atoms with Crippen molar-refractivity contribution in [2.24, 2.45) is 0 Å². The largest absolute Gasteiger partial charge is 0.450 e. The molecule has 8 heteroatoms. The summed E-state index contributed by atoms with van der Waals surface area (Å²) in [5.41, 5.74) is 0.479. The summed E-state index contributed by atoms with van der Waals surface area (Å²) in [4.78, 5) is 22.4. The Labute approximate surface area is 116 Å². The van der Waals surface area contributed by atoms with E-state index in [1.807, 2.05) is 5.32 Å². The molecule has 3 amide bonds. The molecule has 108 valence electrons. The topological polar surface area (TPSA) is 109 Å². The zero-order chi connectivity index (χ0) is 14.8. The number of nitrogens with zero attached hydrogens (tertiary/aromatic N) is 3. The minimum atomic E-state index is -0.797. The average molecular weight is 279 g/mol. The van der Waals surface area contributed by atoms with E-state index in [2.05, 4.69) is 21.2 Å². The highest BCUT2D eigenvalue weighted by Gasteiger charge is 2.09. The Bertz CT molecular complexity index is 492. The first-order valence-corrected chi connectivity index (χ1v) is 6.30. The molecule has 0 atom stereocenters. The Kier molecular flexibility index (Phi) is 6.61. The molecule has 1 heterocycles. The maximum atomic E-state index is 11.4. The lowest BCUT2D eigenvalue weighted by atomic mass is 10.2. The van der Waals surface area contributed by atoms with Crippen LogP contribution in [0.5, 0.6) is 0 Å². The van der Waals surface area contributed by atoms with Crippen LogP contribution in [0.3, 0.4) is 0 Å². The molecule has 0 saturated carbocycles. The molecule has 1 rings (SSSR count). The lowest BCUT2D eigenvalue weighted by Gasteiger charge is -2.04. The van der Waals surface area contributed by atoms with E-state index in [9.17, 15) is 9.59 Å². The van der Waals surface area contributed by atoms with Gasteiger partial charge in [-0.15, -0.1) is 0 Å². The van der Waals surface area contributed by atoms with Crippen molar-refractivity contribution in [2.75, 3.05) is 11.9 Å². The Morgan fingerprint density at radius 2 is 2.30 bits per heavy atom. The van der Waals surface area contributed by atoms with Crippen molar-refractivity contribution in [1.82, 2.24) is 15.1 Å². The molecule has 0 bridgehead atoms. The zero-order valence-electron chi connectivity index (χ0n) is 11.3. The Balaban J connectivity index is 2.34. The van der Waals surface area contributed by atoms with Crippen LogP contribution < -0.4 is 10.6 Å². The normalized spacial score (nSPS) is 9.60. The van der Waals surface area contributed by atoms with Gasteiger partial charge >= 0.3 is 12.1 Å². The minimum Gasteiger partial charge on any atom is -0.450 e. The van der Waals surface area contributed by atoms with Gasteiger partial charge in [0.2, 0.25) is 0 Å². The summed E-state index contributed by atoms with van der Waals surface area (Å²) in [6, 6.07) is 1.40. The number of unbranched alkanes of at least 4 members (excludes halogenated alkanes) is 2. The molecule has 0 aliphatic rings. The molecule has 0 spiro atoms. The fourth-order valence-electron chi connectivity index (χ4n) is 1.45. The molecular formula is C12H17N5O3. The van der Waals surface area contributed by atoms with Crippen LogP contribution in [0, 0.1) is 11.3 Å². The van der Waals surface area contributed by atoms with Gasteiger partial charge in [-0.25, -0.2) is 14.9 Å². The van der Waals surface area contributed by atoms with Gasteiger partial charge in [-0.3, -0.25) is 4.68 Å². The van der Waals surface area contributed by atoms with E-state index >= 15 is 0 Å². The molecular weight excluding hydrogens is 262 g/mol. The number of alkyl carbamates (subject to hydrolysis) is 1. The van der Waals surface area contributed by atoms with Crippen molar-refractivity contribution in [3.63, 3.8) is 0 Å². The predicted octanol–water partition coefficient (Wildman–Crippen LogP) is 1.85. The third-order valence-electron chi connectivity index (χ3n) is 2.31. The number of rotatable bonds is 6. The molecule has 20 heavy (non-hydrogen) atoms. The van der Waals surface area contributed by atoms with Crippen molar-refractivity contribution < 1.29 is 14.3 Å². The smallest absolute Gasteiger partial charge is 0.415 e. The maximum absolute atomic E-state index is 11.4. The quantitative estimate of drug-likeness (QED) is 0.772. The number of hydrogen-bond donors (Lipinski definition) is 2. The number of carbonyl (C=O) groups excluding carboxylic acids is 2. The van der Waals surface area contributed by atoms with E-state index in [4.69, 9.17) is 5.26 Å². The number of aryl methyl sites for hydroxylation is 1. The number of nitriles is 1. The predicted molar refractivity (Wildman–Crippen MR) is 70.9 cm³/mol. The van der Waals surface area contributed by atoms with Gasteiger partial charge < -0.3 is 10.1 Å². The van der Waals surface area contributed by atoms with Crippen LogP contribution in [-0.4, -0.2) is 28.5 Å². The molecule has 0 radical (unpaired) electrons. The summed E-state index contributed by atoms with van der Waals surface area (Å²) in [5.74, 6) is 0. The number of nitrogens with one attached hydrogen (secondary N) is 2. The van der Waals surface area contributed by atoms with E-state index in [0.717, 1.165) is 12.8 Å². The van der Waals surface area contributed by atoms with Crippen molar-refractivity contribution >= 4 is 17.8 Å². The number of hydrogen-bond acceptors (Lipinski definition) is 5. The van der Waals surface area contributed by atoms with Gasteiger partial charge in [0.15, 0.2) is 0 Å². The van der Waals surface area contributed by atoms with Gasteiger partial charge in [0.25, 0.3) is 0 Å². The van der Waals surface area contributed by atoms with E-state index < -0.39 is 12.1 Å².